The Hall–Kier alpha value is -0.910. The number of benzene rings is 1. The Labute approximate surface area is 121 Å². The van der Waals surface area contributed by atoms with E-state index in [-0.39, 0.29) is 24.4 Å². The van der Waals surface area contributed by atoms with Gasteiger partial charge in [0.25, 0.3) is 10.1 Å². The fourth-order valence-corrected chi connectivity index (χ4v) is 3.71. The summed E-state index contributed by atoms with van der Waals surface area (Å²) >= 11 is 0. The molecule has 0 spiro atoms. The lowest BCUT2D eigenvalue weighted by molar-refractivity contribution is 0.0400. The third kappa shape index (κ3) is 4.89. The summed E-state index contributed by atoms with van der Waals surface area (Å²) in [5, 5.41) is 0. The Morgan fingerprint density at radius 2 is 1.95 bits per heavy atom. The minimum absolute atomic E-state index is 0.0612. The highest BCUT2D eigenvalue weighted by Gasteiger charge is 2.24. The Kier molecular flexibility index (Phi) is 5.57. The molecule has 0 radical (unpaired) electrons. The topological polar surface area (TPSA) is 52.6 Å². The Morgan fingerprint density at radius 1 is 1.20 bits per heavy atom. The van der Waals surface area contributed by atoms with E-state index in [1.54, 1.807) is 19.2 Å². The maximum atomic E-state index is 11.9. The summed E-state index contributed by atoms with van der Waals surface area (Å²) in [5.41, 5.74) is 0.755. The van der Waals surface area contributed by atoms with Crippen molar-refractivity contribution in [2.24, 2.45) is 5.92 Å². The molecule has 0 N–H and O–H groups in total. The van der Waals surface area contributed by atoms with Crippen LogP contribution in [0.3, 0.4) is 0 Å². The van der Waals surface area contributed by atoms with Crippen molar-refractivity contribution in [3.8, 4) is 0 Å². The molecule has 2 rings (SSSR count). The van der Waals surface area contributed by atoms with E-state index < -0.39 is 10.1 Å². The molecule has 0 aromatic heterocycles. The van der Waals surface area contributed by atoms with Crippen LogP contribution < -0.4 is 0 Å². The average molecular weight is 298 g/mol. The summed E-state index contributed by atoms with van der Waals surface area (Å²) in [6.07, 6.45) is 4.28. The van der Waals surface area contributed by atoms with Gasteiger partial charge in [-0.05, 0) is 30.7 Å². The first-order valence-corrected chi connectivity index (χ1v) is 8.60. The zero-order valence-corrected chi connectivity index (χ0v) is 12.6. The molecule has 20 heavy (non-hydrogen) atoms. The highest BCUT2D eigenvalue weighted by atomic mass is 32.2. The van der Waals surface area contributed by atoms with E-state index in [0.29, 0.717) is 0 Å². The summed E-state index contributed by atoms with van der Waals surface area (Å²) < 4.78 is 34.4. The van der Waals surface area contributed by atoms with Gasteiger partial charge in [-0.2, -0.15) is 8.42 Å². The van der Waals surface area contributed by atoms with E-state index in [9.17, 15) is 8.42 Å². The summed E-state index contributed by atoms with van der Waals surface area (Å²) in [4.78, 5) is 0. The Bertz CT molecular complexity index is 498. The maximum Gasteiger partial charge on any atom is 0.271 e. The standard InChI is InChI=1S/C15H22O4S/c1-18-15-9-5-8-14(10-15)11-19-20(16,17)12-13-6-3-2-4-7-13/h2-4,6-7,14-15H,5,8-12H2,1H3. The van der Waals surface area contributed by atoms with E-state index >= 15 is 0 Å². The van der Waals surface area contributed by atoms with Crippen LogP contribution in [0.15, 0.2) is 30.3 Å². The second-order valence-electron chi connectivity index (χ2n) is 5.36. The summed E-state index contributed by atoms with van der Waals surface area (Å²) in [7, 11) is -1.79. The molecule has 1 saturated carbocycles. The second-order valence-corrected chi connectivity index (χ2v) is 7.00. The van der Waals surface area contributed by atoms with Gasteiger partial charge in [-0.15, -0.1) is 0 Å². The molecule has 1 aromatic carbocycles. The predicted octanol–water partition coefficient (Wildman–Crippen LogP) is 2.74. The van der Waals surface area contributed by atoms with Crippen molar-refractivity contribution < 1.29 is 17.3 Å². The van der Waals surface area contributed by atoms with E-state index in [4.69, 9.17) is 8.92 Å². The van der Waals surface area contributed by atoms with E-state index in [1.807, 2.05) is 18.2 Å². The molecule has 2 atom stereocenters. The van der Waals surface area contributed by atoms with Crippen LogP contribution in [0.25, 0.3) is 0 Å². The summed E-state index contributed by atoms with van der Waals surface area (Å²) in [5.74, 6) is 0.216. The molecule has 2 unspecified atom stereocenters. The van der Waals surface area contributed by atoms with Crippen LogP contribution in [0.5, 0.6) is 0 Å². The normalized spacial score (nSPS) is 23.6. The van der Waals surface area contributed by atoms with E-state index in [2.05, 4.69) is 0 Å². The first-order chi connectivity index (χ1) is 9.59. The Morgan fingerprint density at radius 3 is 2.65 bits per heavy atom. The monoisotopic (exact) mass is 298 g/mol. The van der Waals surface area contributed by atoms with Crippen LogP contribution in [0.1, 0.15) is 31.2 Å². The van der Waals surface area contributed by atoms with Crippen molar-refractivity contribution in [3.05, 3.63) is 35.9 Å². The molecular weight excluding hydrogens is 276 g/mol. The van der Waals surface area contributed by atoms with Crippen LogP contribution >= 0.6 is 0 Å². The quantitative estimate of drug-likeness (QED) is 0.758. The first-order valence-electron chi connectivity index (χ1n) is 7.03. The third-order valence-electron chi connectivity index (χ3n) is 3.74. The van der Waals surface area contributed by atoms with Gasteiger partial charge in [0.15, 0.2) is 0 Å². The lowest BCUT2D eigenvalue weighted by Gasteiger charge is -2.27. The molecule has 5 heteroatoms. The highest BCUT2D eigenvalue weighted by Crippen LogP contribution is 2.26. The van der Waals surface area contributed by atoms with Crippen LogP contribution in [0.2, 0.25) is 0 Å². The van der Waals surface area contributed by atoms with Crippen molar-refractivity contribution in [1.82, 2.24) is 0 Å². The minimum Gasteiger partial charge on any atom is -0.381 e. The smallest absolute Gasteiger partial charge is 0.271 e. The number of methoxy groups -OCH3 is 1. The molecule has 4 nitrogen and oxygen atoms in total. The zero-order valence-electron chi connectivity index (χ0n) is 11.8. The predicted molar refractivity (Wildman–Crippen MR) is 77.8 cm³/mol. The van der Waals surface area contributed by atoms with Gasteiger partial charge >= 0.3 is 0 Å². The average Bonchev–Trinajstić information content (AvgIpc) is 2.46. The lowest BCUT2D eigenvalue weighted by Crippen LogP contribution is -2.26. The van der Waals surface area contributed by atoms with Crippen LogP contribution in [0, 0.1) is 5.92 Å². The van der Waals surface area contributed by atoms with Crippen molar-refractivity contribution in [2.75, 3.05) is 13.7 Å². The van der Waals surface area contributed by atoms with Crippen LogP contribution in [-0.4, -0.2) is 28.2 Å². The third-order valence-corrected chi connectivity index (χ3v) is 4.92. The number of rotatable bonds is 6. The first kappa shape index (κ1) is 15.5. The number of ether oxygens (including phenoxy) is 1. The molecule has 0 bridgehead atoms. The Balaban J connectivity index is 1.83. The molecular formula is C15H22O4S. The summed E-state index contributed by atoms with van der Waals surface area (Å²) in [6.45, 7) is 0.273. The van der Waals surface area contributed by atoms with Gasteiger partial charge in [-0.3, -0.25) is 4.18 Å². The molecule has 1 fully saturated rings. The van der Waals surface area contributed by atoms with E-state index in [1.165, 1.54) is 0 Å². The fraction of sp³-hybridized carbons (Fsp3) is 0.600. The van der Waals surface area contributed by atoms with Gasteiger partial charge in [0.2, 0.25) is 0 Å². The van der Waals surface area contributed by atoms with Gasteiger partial charge in [0.05, 0.1) is 12.7 Å². The molecule has 0 amide bonds. The van der Waals surface area contributed by atoms with Crippen molar-refractivity contribution in [3.63, 3.8) is 0 Å². The van der Waals surface area contributed by atoms with Crippen molar-refractivity contribution in [2.45, 2.75) is 37.5 Å². The van der Waals surface area contributed by atoms with Crippen molar-refractivity contribution in [1.29, 1.82) is 0 Å². The molecule has 0 aliphatic heterocycles. The molecule has 1 aromatic rings. The SMILES string of the molecule is COC1CCCC(COS(=O)(=O)Cc2ccccc2)C1. The van der Waals surface area contributed by atoms with E-state index in [0.717, 1.165) is 31.2 Å². The van der Waals surface area contributed by atoms with Gasteiger partial charge in [-0.25, -0.2) is 0 Å². The lowest BCUT2D eigenvalue weighted by atomic mass is 9.88. The van der Waals surface area contributed by atoms with Crippen LogP contribution in [-0.2, 0) is 24.8 Å². The fourth-order valence-electron chi connectivity index (χ4n) is 2.63. The molecule has 1 aliphatic rings. The largest absolute Gasteiger partial charge is 0.381 e. The van der Waals surface area contributed by atoms with Gasteiger partial charge < -0.3 is 4.74 Å². The second kappa shape index (κ2) is 7.20. The van der Waals surface area contributed by atoms with Gasteiger partial charge in [-0.1, -0.05) is 36.8 Å². The number of hydrogen-bond acceptors (Lipinski definition) is 4. The van der Waals surface area contributed by atoms with Gasteiger partial charge in [0, 0.05) is 7.11 Å². The minimum atomic E-state index is -3.50. The molecule has 0 saturated heterocycles. The highest BCUT2D eigenvalue weighted by molar-refractivity contribution is 7.85. The maximum absolute atomic E-state index is 11.9. The van der Waals surface area contributed by atoms with Crippen molar-refractivity contribution >= 4 is 10.1 Å². The van der Waals surface area contributed by atoms with Gasteiger partial charge in [0.1, 0.15) is 5.75 Å². The molecule has 112 valence electrons. The molecule has 1 aliphatic carbocycles. The zero-order chi connectivity index (χ0) is 14.4. The van der Waals surface area contributed by atoms with Crippen LogP contribution in [0.4, 0.5) is 0 Å². The number of hydrogen-bond donors (Lipinski definition) is 0. The summed E-state index contributed by atoms with van der Waals surface area (Å²) in [6, 6.07) is 9.11. The molecule has 0 heterocycles.